The molecule has 0 aliphatic heterocycles. The van der Waals surface area contributed by atoms with Gasteiger partial charge in [0.05, 0.1) is 11.5 Å². The van der Waals surface area contributed by atoms with Crippen molar-refractivity contribution in [3.8, 4) is 0 Å². The molecule has 0 bridgehead atoms. The lowest BCUT2D eigenvalue weighted by Gasteiger charge is -2.16. The largest absolute Gasteiger partial charge is 0.383 e. The van der Waals surface area contributed by atoms with E-state index in [0.717, 1.165) is 16.7 Å². The van der Waals surface area contributed by atoms with Crippen molar-refractivity contribution in [1.29, 1.82) is 0 Å². The maximum absolute atomic E-state index is 12.3. The Morgan fingerprint density at radius 3 is 2.17 bits per heavy atom. The number of aryl methyl sites for hydroxylation is 3. The molecule has 4 nitrogen and oxygen atoms in total. The molecule has 0 aromatic heterocycles. The van der Waals surface area contributed by atoms with Crippen LogP contribution >= 0.6 is 0 Å². The Labute approximate surface area is 109 Å². The number of hydrogen-bond donors (Lipinski definition) is 1. The molecule has 0 saturated carbocycles. The average molecular weight is 271 g/mol. The third kappa shape index (κ3) is 3.54. The Morgan fingerprint density at radius 2 is 1.72 bits per heavy atom. The fraction of sp³-hybridized carbons (Fsp3) is 0.538. The highest BCUT2D eigenvalue weighted by Crippen LogP contribution is 2.21. The number of methoxy groups -OCH3 is 1. The molecule has 0 unspecified atom stereocenters. The fourth-order valence-corrected chi connectivity index (χ4v) is 3.88. The highest BCUT2D eigenvalue weighted by Gasteiger charge is 2.21. The van der Waals surface area contributed by atoms with Crippen molar-refractivity contribution in [1.82, 2.24) is 4.72 Å². The minimum Gasteiger partial charge on any atom is -0.383 e. The third-order valence-electron chi connectivity index (χ3n) is 2.65. The number of ether oxygens (including phenoxy) is 1. The Hall–Kier alpha value is -0.910. The molecular weight excluding hydrogens is 250 g/mol. The van der Waals surface area contributed by atoms with Gasteiger partial charge in [-0.2, -0.15) is 0 Å². The molecule has 1 N–H and O–H groups in total. The highest BCUT2D eigenvalue weighted by molar-refractivity contribution is 7.89. The van der Waals surface area contributed by atoms with Crippen molar-refractivity contribution >= 4 is 10.0 Å². The van der Waals surface area contributed by atoms with E-state index in [1.165, 1.54) is 0 Å². The van der Waals surface area contributed by atoms with Gasteiger partial charge in [-0.1, -0.05) is 17.7 Å². The average Bonchev–Trinajstić information content (AvgIpc) is 2.13. The molecule has 0 fully saturated rings. The summed E-state index contributed by atoms with van der Waals surface area (Å²) in [6.45, 7) is 7.71. The van der Waals surface area contributed by atoms with Crippen LogP contribution in [-0.2, 0) is 14.8 Å². The molecule has 1 aromatic rings. The molecule has 0 aliphatic rings. The van der Waals surface area contributed by atoms with Crippen LogP contribution in [0.1, 0.15) is 23.6 Å². The van der Waals surface area contributed by atoms with Crippen molar-refractivity contribution in [3.05, 3.63) is 28.8 Å². The van der Waals surface area contributed by atoms with Crippen molar-refractivity contribution in [2.24, 2.45) is 0 Å². The maximum Gasteiger partial charge on any atom is 0.241 e. The van der Waals surface area contributed by atoms with Crippen LogP contribution in [0.4, 0.5) is 0 Å². The van der Waals surface area contributed by atoms with E-state index in [1.54, 1.807) is 14.0 Å². The van der Waals surface area contributed by atoms with E-state index >= 15 is 0 Å². The first-order valence-corrected chi connectivity index (χ1v) is 7.35. The Kier molecular flexibility index (Phi) is 4.90. The fourth-order valence-electron chi connectivity index (χ4n) is 2.20. The minimum absolute atomic E-state index is 0.250. The molecule has 5 heteroatoms. The van der Waals surface area contributed by atoms with Crippen molar-refractivity contribution < 1.29 is 13.2 Å². The second kappa shape index (κ2) is 5.82. The third-order valence-corrected chi connectivity index (χ3v) is 4.54. The molecule has 0 aliphatic carbocycles. The van der Waals surface area contributed by atoms with Crippen molar-refractivity contribution in [2.75, 3.05) is 13.7 Å². The quantitative estimate of drug-likeness (QED) is 0.890. The SMILES string of the molecule is COC[C@@H](C)NS(=O)(=O)c1c(C)cc(C)cc1C. The molecule has 102 valence electrons. The van der Waals surface area contributed by atoms with Crippen molar-refractivity contribution in [2.45, 2.75) is 38.6 Å². The Morgan fingerprint density at radius 1 is 1.22 bits per heavy atom. The monoisotopic (exact) mass is 271 g/mol. The van der Waals surface area contributed by atoms with Crippen LogP contribution in [0.25, 0.3) is 0 Å². The zero-order valence-electron chi connectivity index (χ0n) is 11.6. The number of hydrogen-bond acceptors (Lipinski definition) is 3. The van der Waals surface area contributed by atoms with Gasteiger partial charge in [0.2, 0.25) is 10.0 Å². The molecule has 0 radical (unpaired) electrons. The molecule has 0 spiro atoms. The second-order valence-electron chi connectivity index (χ2n) is 4.71. The lowest BCUT2D eigenvalue weighted by atomic mass is 10.1. The zero-order valence-corrected chi connectivity index (χ0v) is 12.4. The molecule has 0 saturated heterocycles. The van der Waals surface area contributed by atoms with E-state index in [0.29, 0.717) is 11.5 Å². The van der Waals surface area contributed by atoms with Gasteiger partial charge in [0.1, 0.15) is 0 Å². The molecule has 1 rings (SSSR count). The summed E-state index contributed by atoms with van der Waals surface area (Å²) < 4.78 is 32.2. The number of sulfonamides is 1. The summed E-state index contributed by atoms with van der Waals surface area (Å²) in [7, 11) is -1.94. The minimum atomic E-state index is -3.49. The molecule has 0 heterocycles. The summed E-state index contributed by atoms with van der Waals surface area (Å²) in [6.07, 6.45) is 0. The van der Waals surface area contributed by atoms with E-state index < -0.39 is 10.0 Å². The summed E-state index contributed by atoms with van der Waals surface area (Å²) in [6, 6.07) is 3.51. The van der Waals surface area contributed by atoms with Gasteiger partial charge in [0, 0.05) is 13.2 Å². The van der Waals surface area contributed by atoms with Gasteiger partial charge in [0.25, 0.3) is 0 Å². The molecular formula is C13H21NO3S. The van der Waals surface area contributed by atoms with E-state index in [2.05, 4.69) is 4.72 Å². The normalized spacial score (nSPS) is 13.6. The van der Waals surface area contributed by atoms with E-state index in [9.17, 15) is 8.42 Å². The van der Waals surface area contributed by atoms with Crippen LogP contribution in [0.2, 0.25) is 0 Å². The van der Waals surface area contributed by atoms with Crippen LogP contribution in [-0.4, -0.2) is 28.2 Å². The predicted molar refractivity (Wildman–Crippen MR) is 72.3 cm³/mol. The van der Waals surface area contributed by atoms with Gasteiger partial charge in [-0.15, -0.1) is 0 Å². The molecule has 0 amide bonds. The number of nitrogens with one attached hydrogen (secondary N) is 1. The van der Waals surface area contributed by atoms with Crippen molar-refractivity contribution in [3.63, 3.8) is 0 Å². The van der Waals surface area contributed by atoms with Crippen LogP contribution in [0.5, 0.6) is 0 Å². The van der Waals surface area contributed by atoms with Crippen LogP contribution in [0.3, 0.4) is 0 Å². The smallest absolute Gasteiger partial charge is 0.241 e. The summed E-state index contributed by atoms with van der Waals surface area (Å²) in [4.78, 5) is 0.371. The van der Waals surface area contributed by atoms with E-state index in [-0.39, 0.29) is 6.04 Å². The first kappa shape index (κ1) is 15.1. The molecule has 1 aromatic carbocycles. The van der Waals surface area contributed by atoms with E-state index in [1.807, 2.05) is 32.9 Å². The standard InChI is InChI=1S/C13H21NO3S/c1-9-6-10(2)13(11(3)7-9)18(15,16)14-12(4)8-17-5/h6-7,12,14H,8H2,1-5H3/t12-/m1/s1. The van der Waals surface area contributed by atoms with Gasteiger partial charge < -0.3 is 4.74 Å². The van der Waals surface area contributed by atoms with E-state index in [4.69, 9.17) is 4.74 Å². The van der Waals surface area contributed by atoms with Gasteiger partial charge in [-0.05, 0) is 38.8 Å². The lowest BCUT2D eigenvalue weighted by molar-refractivity contribution is 0.180. The summed E-state index contributed by atoms with van der Waals surface area (Å²) in [5.74, 6) is 0. The summed E-state index contributed by atoms with van der Waals surface area (Å²) in [5, 5.41) is 0. The summed E-state index contributed by atoms with van der Waals surface area (Å²) >= 11 is 0. The first-order chi connectivity index (χ1) is 8.27. The zero-order chi connectivity index (χ0) is 13.9. The Balaban J connectivity index is 3.13. The first-order valence-electron chi connectivity index (χ1n) is 5.87. The number of rotatable bonds is 5. The van der Waals surface area contributed by atoms with Gasteiger partial charge in [-0.25, -0.2) is 13.1 Å². The van der Waals surface area contributed by atoms with Gasteiger partial charge in [0.15, 0.2) is 0 Å². The molecule has 1 atom stereocenters. The second-order valence-corrected chi connectivity index (χ2v) is 6.36. The Bertz CT molecular complexity index is 500. The topological polar surface area (TPSA) is 55.4 Å². The van der Waals surface area contributed by atoms with Gasteiger partial charge >= 0.3 is 0 Å². The van der Waals surface area contributed by atoms with Crippen LogP contribution < -0.4 is 4.72 Å². The van der Waals surface area contributed by atoms with Crippen LogP contribution in [0.15, 0.2) is 17.0 Å². The highest BCUT2D eigenvalue weighted by atomic mass is 32.2. The van der Waals surface area contributed by atoms with Gasteiger partial charge in [-0.3, -0.25) is 0 Å². The maximum atomic E-state index is 12.3. The lowest BCUT2D eigenvalue weighted by Crippen LogP contribution is -2.36. The molecule has 18 heavy (non-hydrogen) atoms. The predicted octanol–water partition coefficient (Wildman–Crippen LogP) is 1.93. The number of benzene rings is 1. The van der Waals surface area contributed by atoms with Crippen LogP contribution in [0, 0.1) is 20.8 Å². The summed E-state index contributed by atoms with van der Waals surface area (Å²) in [5.41, 5.74) is 2.60.